The van der Waals surface area contributed by atoms with Gasteiger partial charge in [0, 0.05) is 13.1 Å². The van der Waals surface area contributed by atoms with Crippen molar-refractivity contribution in [2.45, 2.75) is 44.7 Å². The molecular weight excluding hydrogens is 362 g/mol. The van der Waals surface area contributed by atoms with Crippen LogP contribution in [-0.2, 0) is 5.54 Å². The first kappa shape index (κ1) is 17.6. The summed E-state index contributed by atoms with van der Waals surface area (Å²) in [6.07, 6.45) is 0.580. The SMILES string of the molecule is CC1(C)CC(c2ccccc2)Nc2c(C(=O)N3CC4C[C@]4(C(F)F)C3)cnn21. The summed E-state index contributed by atoms with van der Waals surface area (Å²) in [6, 6.07) is 10.2. The predicted octanol–water partition coefficient (Wildman–Crippen LogP) is 3.90. The number of nitrogens with one attached hydrogen (secondary N) is 1. The number of alkyl halides is 2. The topological polar surface area (TPSA) is 50.2 Å². The van der Waals surface area contributed by atoms with Gasteiger partial charge >= 0.3 is 0 Å². The van der Waals surface area contributed by atoms with Crippen LogP contribution < -0.4 is 5.32 Å². The molecule has 1 N–H and O–H groups in total. The lowest BCUT2D eigenvalue weighted by Crippen LogP contribution is -2.39. The van der Waals surface area contributed by atoms with Crippen molar-refractivity contribution in [1.29, 1.82) is 0 Å². The van der Waals surface area contributed by atoms with Crippen LogP contribution in [0.2, 0.25) is 0 Å². The van der Waals surface area contributed by atoms with E-state index in [2.05, 4.69) is 36.4 Å². The van der Waals surface area contributed by atoms with Crippen LogP contribution >= 0.6 is 0 Å². The normalized spacial score (nSPS) is 30.0. The summed E-state index contributed by atoms with van der Waals surface area (Å²) < 4.78 is 28.6. The minimum absolute atomic E-state index is 0.0614. The standard InChI is InChI=1S/C21H24F2N4O/c1-20(2)9-16(13-6-4-3-5-7-13)25-17-15(10-24-27(17)20)18(28)26-11-14-8-21(14,12-26)19(22)23/h3-7,10,14,16,19,25H,8-9,11-12H2,1-2H3/t14?,16?,21-/m0/s1. The van der Waals surface area contributed by atoms with Crippen LogP contribution in [0.1, 0.15) is 48.7 Å². The number of carbonyl (C=O) groups is 1. The van der Waals surface area contributed by atoms with Gasteiger partial charge in [-0.2, -0.15) is 5.10 Å². The molecule has 3 heterocycles. The number of hydrogen-bond acceptors (Lipinski definition) is 3. The fraction of sp³-hybridized carbons (Fsp3) is 0.524. The molecule has 1 amide bonds. The summed E-state index contributed by atoms with van der Waals surface area (Å²) in [7, 11) is 0. The Hall–Kier alpha value is -2.44. The number of aromatic nitrogens is 2. The first-order valence-corrected chi connectivity index (χ1v) is 9.79. The molecule has 2 fully saturated rings. The Kier molecular flexibility index (Phi) is 3.64. The van der Waals surface area contributed by atoms with Crippen LogP contribution in [0.25, 0.3) is 0 Å². The van der Waals surface area contributed by atoms with Crippen molar-refractivity contribution in [3.63, 3.8) is 0 Å². The van der Waals surface area contributed by atoms with Gasteiger partial charge in [0.2, 0.25) is 6.43 Å². The average Bonchev–Trinajstić information content (AvgIpc) is 3.02. The van der Waals surface area contributed by atoms with Crippen molar-refractivity contribution in [3.05, 3.63) is 47.7 Å². The highest BCUT2D eigenvalue weighted by Crippen LogP contribution is 2.61. The van der Waals surface area contributed by atoms with Crippen molar-refractivity contribution in [1.82, 2.24) is 14.7 Å². The molecular formula is C21H24F2N4O. The van der Waals surface area contributed by atoms with Crippen molar-refractivity contribution in [2.24, 2.45) is 11.3 Å². The maximum absolute atomic E-state index is 13.4. The highest BCUT2D eigenvalue weighted by atomic mass is 19.3. The lowest BCUT2D eigenvalue weighted by atomic mass is 9.89. The molecule has 3 atom stereocenters. The third-order valence-electron chi connectivity index (χ3n) is 6.72. The zero-order valence-corrected chi connectivity index (χ0v) is 16.0. The summed E-state index contributed by atoms with van der Waals surface area (Å²) in [4.78, 5) is 14.7. The van der Waals surface area contributed by atoms with Gasteiger partial charge in [0.15, 0.2) is 0 Å². The second-order valence-electron chi connectivity index (χ2n) is 9.06. The summed E-state index contributed by atoms with van der Waals surface area (Å²) in [6.45, 7) is 4.76. The van der Waals surface area contributed by atoms with Gasteiger partial charge in [0.25, 0.3) is 5.91 Å². The smallest absolute Gasteiger partial charge is 0.259 e. The van der Waals surface area contributed by atoms with E-state index < -0.39 is 11.8 Å². The van der Waals surface area contributed by atoms with Gasteiger partial charge in [-0.05, 0) is 38.2 Å². The number of likely N-dealkylation sites (tertiary alicyclic amines) is 1. The highest BCUT2D eigenvalue weighted by Gasteiger charge is 2.66. The van der Waals surface area contributed by atoms with Crippen molar-refractivity contribution in [3.8, 4) is 0 Å². The molecule has 3 aliphatic rings. The van der Waals surface area contributed by atoms with E-state index in [1.165, 1.54) is 0 Å². The molecule has 28 heavy (non-hydrogen) atoms. The molecule has 5 nitrogen and oxygen atoms in total. The lowest BCUT2D eigenvalue weighted by Gasteiger charge is -2.38. The minimum atomic E-state index is -2.36. The van der Waals surface area contributed by atoms with E-state index in [-0.39, 0.29) is 30.0 Å². The molecule has 2 aliphatic heterocycles. The highest BCUT2D eigenvalue weighted by molar-refractivity contribution is 5.99. The van der Waals surface area contributed by atoms with Gasteiger partial charge in [-0.3, -0.25) is 4.79 Å². The molecule has 1 aromatic heterocycles. The first-order valence-electron chi connectivity index (χ1n) is 9.79. The molecule has 7 heteroatoms. The molecule has 148 valence electrons. The van der Waals surface area contributed by atoms with Crippen LogP contribution in [0.3, 0.4) is 0 Å². The fourth-order valence-corrected chi connectivity index (χ4v) is 4.98. The molecule has 0 spiro atoms. The van der Waals surface area contributed by atoms with Gasteiger partial charge in [0.05, 0.1) is 23.2 Å². The second-order valence-corrected chi connectivity index (χ2v) is 9.06. The monoisotopic (exact) mass is 386 g/mol. The summed E-state index contributed by atoms with van der Waals surface area (Å²) in [5.41, 5.74) is 0.388. The molecule has 1 saturated carbocycles. The number of fused-ring (bicyclic) bond motifs is 2. The molecule has 1 aliphatic carbocycles. The van der Waals surface area contributed by atoms with E-state index in [1.807, 2.05) is 22.9 Å². The van der Waals surface area contributed by atoms with Crippen LogP contribution in [0.15, 0.2) is 36.5 Å². The minimum Gasteiger partial charge on any atom is -0.363 e. The van der Waals surface area contributed by atoms with Crippen molar-refractivity contribution >= 4 is 11.7 Å². The quantitative estimate of drug-likeness (QED) is 0.870. The largest absolute Gasteiger partial charge is 0.363 e. The first-order chi connectivity index (χ1) is 13.3. The lowest BCUT2D eigenvalue weighted by molar-refractivity contribution is 0.0488. The van der Waals surface area contributed by atoms with Gasteiger partial charge in [-0.25, -0.2) is 13.5 Å². The van der Waals surface area contributed by atoms with E-state index in [4.69, 9.17) is 0 Å². The molecule has 1 aromatic carbocycles. The zero-order valence-electron chi connectivity index (χ0n) is 16.0. The Morgan fingerprint density at radius 2 is 2.00 bits per heavy atom. The van der Waals surface area contributed by atoms with E-state index in [9.17, 15) is 13.6 Å². The molecule has 0 radical (unpaired) electrons. The Morgan fingerprint density at radius 3 is 2.68 bits per heavy atom. The van der Waals surface area contributed by atoms with Crippen LogP contribution in [0, 0.1) is 11.3 Å². The molecule has 2 unspecified atom stereocenters. The van der Waals surface area contributed by atoms with Crippen LogP contribution in [0.5, 0.6) is 0 Å². The third kappa shape index (κ3) is 2.48. The summed E-state index contributed by atoms with van der Waals surface area (Å²) in [5, 5.41) is 7.95. The predicted molar refractivity (Wildman–Crippen MR) is 101 cm³/mol. The third-order valence-corrected chi connectivity index (χ3v) is 6.72. The molecule has 5 rings (SSSR count). The van der Waals surface area contributed by atoms with Gasteiger partial charge in [-0.1, -0.05) is 30.3 Å². The molecule has 2 aromatic rings. The Balaban J connectivity index is 1.45. The van der Waals surface area contributed by atoms with E-state index >= 15 is 0 Å². The van der Waals surface area contributed by atoms with Crippen LogP contribution in [0.4, 0.5) is 14.6 Å². The van der Waals surface area contributed by atoms with Gasteiger partial charge < -0.3 is 10.2 Å². The van der Waals surface area contributed by atoms with Gasteiger partial charge in [0.1, 0.15) is 11.4 Å². The maximum Gasteiger partial charge on any atom is 0.259 e. The Morgan fingerprint density at radius 1 is 1.25 bits per heavy atom. The molecule has 1 saturated heterocycles. The number of piperidine rings is 1. The number of benzene rings is 1. The number of amides is 1. The summed E-state index contributed by atoms with van der Waals surface area (Å²) >= 11 is 0. The summed E-state index contributed by atoms with van der Waals surface area (Å²) in [5.74, 6) is 0.413. The van der Waals surface area contributed by atoms with Gasteiger partial charge in [-0.15, -0.1) is 0 Å². The fourth-order valence-electron chi connectivity index (χ4n) is 4.98. The Labute approximate surface area is 162 Å². The number of rotatable bonds is 3. The zero-order chi connectivity index (χ0) is 19.7. The molecule has 0 bridgehead atoms. The van der Waals surface area contributed by atoms with E-state index in [1.54, 1.807) is 11.1 Å². The van der Waals surface area contributed by atoms with E-state index in [0.717, 1.165) is 12.0 Å². The Bertz CT molecular complexity index is 926. The van der Waals surface area contributed by atoms with Crippen molar-refractivity contribution in [2.75, 3.05) is 18.4 Å². The number of carbonyl (C=O) groups excluding carboxylic acids is 1. The van der Waals surface area contributed by atoms with E-state index in [0.29, 0.717) is 24.3 Å². The number of halogens is 2. The maximum atomic E-state index is 13.4. The number of hydrogen-bond donors (Lipinski definition) is 1. The van der Waals surface area contributed by atoms with Crippen LogP contribution in [-0.4, -0.2) is 40.1 Å². The number of nitrogens with zero attached hydrogens (tertiary/aromatic N) is 3. The van der Waals surface area contributed by atoms with Crippen molar-refractivity contribution < 1.29 is 13.6 Å². The second kappa shape index (κ2) is 5.78. The number of anilines is 1. The average molecular weight is 386 g/mol.